The monoisotopic (exact) mass is 394 g/mol. The molecular weight excluding hydrogens is 366 g/mol. The van der Waals surface area contributed by atoms with Crippen molar-refractivity contribution in [3.63, 3.8) is 0 Å². The van der Waals surface area contributed by atoms with Crippen LogP contribution in [-0.2, 0) is 6.54 Å². The van der Waals surface area contributed by atoms with Crippen molar-refractivity contribution in [3.8, 4) is 16.9 Å². The van der Waals surface area contributed by atoms with Crippen LogP contribution < -0.4 is 10.2 Å². The molecule has 0 saturated heterocycles. The van der Waals surface area contributed by atoms with E-state index in [1.54, 1.807) is 0 Å². The number of quaternary nitrogens is 1. The summed E-state index contributed by atoms with van der Waals surface area (Å²) in [5.74, 6) is 0. The van der Waals surface area contributed by atoms with E-state index in [9.17, 15) is 0 Å². The summed E-state index contributed by atoms with van der Waals surface area (Å²) in [5.41, 5.74) is 4.27. The lowest BCUT2D eigenvalue weighted by Gasteiger charge is -2.21. The largest absolute Gasteiger partial charge is 0.357 e. The fourth-order valence-electron chi connectivity index (χ4n) is 2.96. The fourth-order valence-corrected chi connectivity index (χ4v) is 3.13. The van der Waals surface area contributed by atoms with Gasteiger partial charge in [0.25, 0.3) is 0 Å². The summed E-state index contributed by atoms with van der Waals surface area (Å²) in [4.78, 5) is 3.47. The highest BCUT2D eigenvalue weighted by Gasteiger charge is 2.15. The first-order valence-electron chi connectivity index (χ1n) is 9.52. The van der Waals surface area contributed by atoms with Crippen molar-refractivity contribution in [2.24, 2.45) is 0 Å². The fraction of sp³-hybridized carbons (Fsp3) is 0.273. The summed E-state index contributed by atoms with van der Waals surface area (Å²) in [6, 6.07) is 20.5. The molecule has 0 saturated carbocycles. The topological polar surface area (TPSA) is 37.5 Å². The molecule has 3 rings (SSSR count). The average Bonchev–Trinajstić information content (AvgIpc) is 3.12. The minimum atomic E-state index is 0.692. The van der Waals surface area contributed by atoms with Crippen LogP contribution in [0.1, 0.15) is 5.56 Å². The molecule has 0 amide bonds. The minimum Gasteiger partial charge on any atom is -0.357 e. The Hall–Kier alpha value is -2.70. The normalized spacial score (nSPS) is 10.9. The minimum absolute atomic E-state index is 0.692. The first-order chi connectivity index (χ1) is 13.5. The SMILES string of the molecule is CN(Cc1cn(-c2ccccc2)nc1-c1ccccc1)C(=S)NCC[NH+](C)C. The van der Waals surface area contributed by atoms with Crippen molar-refractivity contribution in [1.29, 1.82) is 0 Å². The van der Waals surface area contributed by atoms with Gasteiger partial charge >= 0.3 is 0 Å². The van der Waals surface area contributed by atoms with E-state index in [0.29, 0.717) is 6.54 Å². The number of hydrogen-bond acceptors (Lipinski definition) is 2. The molecule has 1 heterocycles. The van der Waals surface area contributed by atoms with Crippen LogP contribution in [-0.4, -0.2) is 54.0 Å². The van der Waals surface area contributed by atoms with E-state index in [4.69, 9.17) is 17.3 Å². The van der Waals surface area contributed by atoms with Crippen LogP contribution in [0, 0.1) is 0 Å². The zero-order valence-corrected chi connectivity index (χ0v) is 17.5. The van der Waals surface area contributed by atoms with E-state index in [0.717, 1.165) is 40.7 Å². The number of benzene rings is 2. The maximum atomic E-state index is 5.57. The molecule has 3 aromatic rings. The zero-order valence-electron chi connectivity index (χ0n) is 16.7. The Labute approximate surface area is 172 Å². The van der Waals surface area contributed by atoms with E-state index in [1.807, 2.05) is 48.1 Å². The predicted octanol–water partition coefficient (Wildman–Crippen LogP) is 1.99. The van der Waals surface area contributed by atoms with Gasteiger partial charge in [-0.25, -0.2) is 4.68 Å². The standard InChI is InChI=1S/C22H27N5S/c1-25(2)15-14-23-22(28)26(3)16-19-17-27(20-12-8-5-9-13-20)24-21(19)18-10-6-4-7-11-18/h4-13,17H,14-16H2,1-3H3,(H,23,28)/p+1. The van der Waals surface area contributed by atoms with Gasteiger partial charge < -0.3 is 15.1 Å². The molecule has 0 atom stereocenters. The van der Waals surface area contributed by atoms with Gasteiger partial charge in [0.05, 0.1) is 38.6 Å². The second kappa shape index (κ2) is 9.48. The van der Waals surface area contributed by atoms with Crippen LogP contribution in [0.25, 0.3) is 16.9 Å². The average molecular weight is 395 g/mol. The number of nitrogens with one attached hydrogen (secondary N) is 2. The Morgan fingerprint density at radius 2 is 1.71 bits per heavy atom. The van der Waals surface area contributed by atoms with Gasteiger partial charge in [-0.1, -0.05) is 48.5 Å². The Kier molecular flexibility index (Phi) is 6.79. The van der Waals surface area contributed by atoms with E-state index in [-0.39, 0.29) is 0 Å². The Morgan fingerprint density at radius 3 is 2.36 bits per heavy atom. The number of hydrogen-bond donors (Lipinski definition) is 2. The number of nitrogens with zero attached hydrogens (tertiary/aromatic N) is 3. The number of aromatic nitrogens is 2. The van der Waals surface area contributed by atoms with Crippen LogP contribution in [0.15, 0.2) is 66.9 Å². The van der Waals surface area contributed by atoms with Gasteiger partial charge in [-0.15, -0.1) is 0 Å². The molecule has 0 fully saturated rings. The molecular formula is C22H28N5S+. The first kappa shape index (κ1) is 20.0. The zero-order chi connectivity index (χ0) is 19.9. The van der Waals surface area contributed by atoms with Crippen LogP contribution in [0.5, 0.6) is 0 Å². The van der Waals surface area contributed by atoms with Crippen LogP contribution in [0.2, 0.25) is 0 Å². The molecule has 0 aliphatic heterocycles. The Balaban J connectivity index is 1.82. The highest BCUT2D eigenvalue weighted by Crippen LogP contribution is 2.24. The third-order valence-corrected chi connectivity index (χ3v) is 4.97. The summed E-state index contributed by atoms with van der Waals surface area (Å²) >= 11 is 5.57. The molecule has 1 aromatic heterocycles. The van der Waals surface area contributed by atoms with Crippen molar-refractivity contribution >= 4 is 17.3 Å². The van der Waals surface area contributed by atoms with Gasteiger partial charge in [-0.3, -0.25) is 0 Å². The van der Waals surface area contributed by atoms with Crippen molar-refractivity contribution < 1.29 is 4.90 Å². The summed E-state index contributed by atoms with van der Waals surface area (Å²) in [7, 11) is 6.30. The number of para-hydroxylation sites is 1. The second-order valence-electron chi connectivity index (χ2n) is 7.19. The van der Waals surface area contributed by atoms with Gasteiger partial charge in [0, 0.05) is 30.9 Å². The summed E-state index contributed by atoms with van der Waals surface area (Å²) in [5, 5.41) is 8.97. The van der Waals surface area contributed by atoms with Crippen molar-refractivity contribution in [2.45, 2.75) is 6.54 Å². The van der Waals surface area contributed by atoms with Crippen molar-refractivity contribution in [1.82, 2.24) is 20.0 Å². The lowest BCUT2D eigenvalue weighted by Crippen LogP contribution is -3.06. The van der Waals surface area contributed by atoms with Gasteiger partial charge in [0.1, 0.15) is 0 Å². The van der Waals surface area contributed by atoms with Crippen LogP contribution in [0.4, 0.5) is 0 Å². The number of rotatable bonds is 7. The molecule has 5 nitrogen and oxygen atoms in total. The van der Waals surface area contributed by atoms with Crippen LogP contribution in [0.3, 0.4) is 0 Å². The molecule has 0 aliphatic carbocycles. The van der Waals surface area contributed by atoms with Gasteiger partial charge in [-0.05, 0) is 24.4 Å². The smallest absolute Gasteiger partial charge is 0.169 e. The molecule has 6 heteroatoms. The third kappa shape index (κ3) is 5.18. The molecule has 2 aromatic carbocycles. The maximum absolute atomic E-state index is 5.57. The van der Waals surface area contributed by atoms with Crippen molar-refractivity contribution in [3.05, 3.63) is 72.4 Å². The second-order valence-corrected chi connectivity index (χ2v) is 7.58. The van der Waals surface area contributed by atoms with Gasteiger partial charge in [-0.2, -0.15) is 5.10 Å². The van der Waals surface area contributed by atoms with E-state index in [1.165, 1.54) is 4.90 Å². The lowest BCUT2D eigenvalue weighted by molar-refractivity contribution is -0.856. The lowest BCUT2D eigenvalue weighted by atomic mass is 10.1. The Bertz CT molecular complexity index is 890. The summed E-state index contributed by atoms with van der Waals surface area (Å²) in [6.07, 6.45) is 2.10. The molecule has 0 radical (unpaired) electrons. The molecule has 0 unspecified atom stereocenters. The molecule has 0 aliphatic rings. The first-order valence-corrected chi connectivity index (χ1v) is 9.93. The molecule has 0 spiro atoms. The van der Waals surface area contributed by atoms with E-state index < -0.39 is 0 Å². The molecule has 0 bridgehead atoms. The van der Waals surface area contributed by atoms with E-state index in [2.05, 4.69) is 54.8 Å². The van der Waals surface area contributed by atoms with Crippen molar-refractivity contribution in [2.75, 3.05) is 34.2 Å². The summed E-state index contributed by atoms with van der Waals surface area (Å²) in [6.45, 7) is 2.58. The molecule has 146 valence electrons. The van der Waals surface area contributed by atoms with Gasteiger partial charge in [0.2, 0.25) is 0 Å². The highest BCUT2D eigenvalue weighted by atomic mass is 32.1. The molecule has 2 N–H and O–H groups in total. The Morgan fingerprint density at radius 1 is 1.07 bits per heavy atom. The van der Waals surface area contributed by atoms with E-state index >= 15 is 0 Å². The quantitative estimate of drug-likeness (QED) is 0.601. The maximum Gasteiger partial charge on any atom is 0.169 e. The molecule has 28 heavy (non-hydrogen) atoms. The highest BCUT2D eigenvalue weighted by molar-refractivity contribution is 7.80. The van der Waals surface area contributed by atoms with Crippen LogP contribution >= 0.6 is 12.2 Å². The number of thiocarbonyl (C=S) groups is 1. The third-order valence-electron chi connectivity index (χ3n) is 4.51. The predicted molar refractivity (Wildman–Crippen MR) is 119 cm³/mol. The number of likely N-dealkylation sites (N-methyl/N-ethyl adjacent to an activating group) is 1. The summed E-state index contributed by atoms with van der Waals surface area (Å²) < 4.78 is 1.94. The van der Waals surface area contributed by atoms with Gasteiger partial charge in [0.15, 0.2) is 5.11 Å².